The molecule has 0 saturated heterocycles. The van der Waals surface area contributed by atoms with E-state index in [0.29, 0.717) is 12.6 Å². The molecule has 0 radical (unpaired) electrons. The maximum absolute atomic E-state index is 5.35. The molecule has 0 aliphatic heterocycles. The summed E-state index contributed by atoms with van der Waals surface area (Å²) in [6, 6.07) is 8.79. The van der Waals surface area contributed by atoms with Gasteiger partial charge in [0.1, 0.15) is 0 Å². The fourth-order valence-electron chi connectivity index (χ4n) is 4.08. The maximum atomic E-state index is 5.35. The lowest BCUT2D eigenvalue weighted by Crippen LogP contribution is -2.15. The molecule has 1 aliphatic rings. The van der Waals surface area contributed by atoms with Crippen LogP contribution >= 0.6 is 0 Å². The topological polar surface area (TPSA) is 47.8 Å². The molecule has 5 nitrogen and oxygen atoms in total. The molecule has 0 bridgehead atoms. The number of nitrogens with one attached hydrogen (secondary N) is 1. The Bertz CT molecular complexity index is 789. The van der Waals surface area contributed by atoms with Crippen molar-refractivity contribution in [3.8, 4) is 11.5 Å². The molecule has 5 heteroatoms. The molecule has 1 aliphatic carbocycles. The summed E-state index contributed by atoms with van der Waals surface area (Å²) in [5.41, 5.74) is 8.08. The highest BCUT2D eigenvalue weighted by molar-refractivity contribution is 5.81. The number of hydrogen-bond acceptors (Lipinski definition) is 4. The van der Waals surface area contributed by atoms with E-state index in [4.69, 9.17) is 9.47 Å². The summed E-state index contributed by atoms with van der Waals surface area (Å²) in [5.74, 6) is 1.47. The molecular formula is C22H31N3O2. The van der Waals surface area contributed by atoms with Crippen LogP contribution in [0.15, 0.2) is 29.4 Å². The Morgan fingerprint density at radius 1 is 1.07 bits per heavy atom. The second kappa shape index (κ2) is 8.98. The average Bonchev–Trinajstić information content (AvgIpc) is 2.99. The summed E-state index contributed by atoms with van der Waals surface area (Å²) in [7, 11) is 3.29. The number of aryl methyl sites for hydroxylation is 1. The van der Waals surface area contributed by atoms with Gasteiger partial charge >= 0.3 is 0 Å². The molecule has 0 atom stereocenters. The van der Waals surface area contributed by atoms with Crippen LogP contribution in [0.1, 0.15) is 60.7 Å². The number of hydrogen-bond donors (Lipinski definition) is 1. The monoisotopic (exact) mass is 369 g/mol. The van der Waals surface area contributed by atoms with Crippen molar-refractivity contribution in [2.45, 2.75) is 58.5 Å². The Morgan fingerprint density at radius 2 is 1.81 bits per heavy atom. The van der Waals surface area contributed by atoms with Crippen LogP contribution in [-0.2, 0) is 6.54 Å². The van der Waals surface area contributed by atoms with E-state index in [-0.39, 0.29) is 0 Å². The van der Waals surface area contributed by atoms with Crippen molar-refractivity contribution in [1.82, 2.24) is 9.99 Å². The van der Waals surface area contributed by atoms with Crippen molar-refractivity contribution in [2.75, 3.05) is 14.2 Å². The largest absolute Gasteiger partial charge is 0.493 e. The van der Waals surface area contributed by atoms with E-state index in [1.165, 1.54) is 49.1 Å². The predicted molar refractivity (Wildman–Crippen MR) is 110 cm³/mol. The highest BCUT2D eigenvalue weighted by Crippen LogP contribution is 2.32. The lowest BCUT2D eigenvalue weighted by Gasteiger charge is -2.26. The molecule has 1 heterocycles. The zero-order chi connectivity index (χ0) is 19.2. The van der Waals surface area contributed by atoms with Gasteiger partial charge < -0.3 is 19.5 Å². The van der Waals surface area contributed by atoms with Crippen LogP contribution in [0.4, 0.5) is 0 Å². The second-order valence-corrected chi connectivity index (χ2v) is 7.27. The minimum atomic E-state index is 0.637. The van der Waals surface area contributed by atoms with Crippen molar-refractivity contribution in [2.24, 2.45) is 5.10 Å². The number of ether oxygens (including phenoxy) is 2. The maximum Gasteiger partial charge on any atom is 0.161 e. The van der Waals surface area contributed by atoms with E-state index >= 15 is 0 Å². The van der Waals surface area contributed by atoms with Crippen LogP contribution in [0.25, 0.3) is 0 Å². The first-order valence-electron chi connectivity index (χ1n) is 9.79. The van der Waals surface area contributed by atoms with Gasteiger partial charge in [-0.15, -0.1) is 0 Å². The summed E-state index contributed by atoms with van der Waals surface area (Å²) in [6.07, 6.45) is 8.59. The standard InChI is InChI=1S/C22H31N3O2/c1-16-12-19(17(2)25(16)20-8-6-5-7-9-20)15-24-23-14-18-10-11-21(26-3)22(13-18)27-4/h10-13,15,20,23H,5-9,14H2,1-4H3/b24-15+. The van der Waals surface area contributed by atoms with Gasteiger partial charge in [0.25, 0.3) is 0 Å². The molecule has 2 aromatic rings. The molecule has 146 valence electrons. The number of hydrazone groups is 1. The quantitative estimate of drug-likeness (QED) is 0.566. The summed E-state index contributed by atoms with van der Waals surface area (Å²) >= 11 is 0. The van der Waals surface area contributed by atoms with Crippen molar-refractivity contribution in [3.63, 3.8) is 0 Å². The van der Waals surface area contributed by atoms with Crippen molar-refractivity contribution in [3.05, 3.63) is 46.8 Å². The van der Waals surface area contributed by atoms with Gasteiger partial charge in [-0.2, -0.15) is 5.10 Å². The van der Waals surface area contributed by atoms with Crippen molar-refractivity contribution >= 4 is 6.21 Å². The molecule has 1 N–H and O–H groups in total. The third-order valence-corrected chi connectivity index (χ3v) is 5.49. The molecule has 0 spiro atoms. The fraction of sp³-hybridized carbons (Fsp3) is 0.500. The zero-order valence-electron chi connectivity index (χ0n) is 16.9. The van der Waals surface area contributed by atoms with E-state index in [9.17, 15) is 0 Å². The molecule has 1 aromatic carbocycles. The van der Waals surface area contributed by atoms with Gasteiger partial charge in [0.05, 0.1) is 27.0 Å². The number of rotatable bonds is 7. The first-order valence-corrected chi connectivity index (χ1v) is 9.79. The molecule has 1 saturated carbocycles. The van der Waals surface area contributed by atoms with E-state index in [2.05, 4.69) is 35.0 Å². The molecule has 0 unspecified atom stereocenters. The highest BCUT2D eigenvalue weighted by Gasteiger charge is 2.19. The molecule has 3 rings (SSSR count). The molecule has 1 fully saturated rings. The number of nitrogens with zero attached hydrogens (tertiary/aromatic N) is 2. The van der Waals surface area contributed by atoms with Crippen LogP contribution in [0.2, 0.25) is 0 Å². The Hall–Kier alpha value is -2.43. The van der Waals surface area contributed by atoms with Gasteiger partial charge in [0, 0.05) is 23.0 Å². The van der Waals surface area contributed by atoms with E-state index in [1.54, 1.807) is 14.2 Å². The molecule has 27 heavy (non-hydrogen) atoms. The van der Waals surface area contributed by atoms with Gasteiger partial charge in [0.15, 0.2) is 11.5 Å². The highest BCUT2D eigenvalue weighted by atomic mass is 16.5. The summed E-state index contributed by atoms with van der Waals surface area (Å²) in [4.78, 5) is 0. The molecule has 0 amide bonds. The first kappa shape index (κ1) is 19.3. The number of methoxy groups -OCH3 is 2. The Balaban J connectivity index is 1.63. The summed E-state index contributed by atoms with van der Waals surface area (Å²) in [5, 5.41) is 4.43. The van der Waals surface area contributed by atoms with Gasteiger partial charge in [-0.1, -0.05) is 25.3 Å². The number of benzene rings is 1. The van der Waals surface area contributed by atoms with Gasteiger partial charge in [-0.3, -0.25) is 0 Å². The normalized spacial score (nSPS) is 15.3. The van der Waals surface area contributed by atoms with Crippen LogP contribution in [0.3, 0.4) is 0 Å². The van der Waals surface area contributed by atoms with Crippen LogP contribution in [0.5, 0.6) is 11.5 Å². The first-order chi connectivity index (χ1) is 13.1. The fourth-order valence-corrected chi connectivity index (χ4v) is 4.08. The smallest absolute Gasteiger partial charge is 0.161 e. The van der Waals surface area contributed by atoms with Gasteiger partial charge in [-0.05, 0) is 50.5 Å². The van der Waals surface area contributed by atoms with Crippen LogP contribution < -0.4 is 14.9 Å². The SMILES string of the molecule is COc1ccc(CN/N=C/c2cc(C)n(C3CCCCC3)c2C)cc1OC. The number of aromatic nitrogens is 1. The summed E-state index contributed by atoms with van der Waals surface area (Å²) in [6.45, 7) is 5.05. The zero-order valence-corrected chi connectivity index (χ0v) is 16.9. The minimum absolute atomic E-state index is 0.637. The lowest BCUT2D eigenvalue weighted by atomic mass is 9.95. The van der Waals surface area contributed by atoms with E-state index < -0.39 is 0 Å². The third kappa shape index (κ3) is 4.46. The Kier molecular flexibility index (Phi) is 6.43. The van der Waals surface area contributed by atoms with Crippen LogP contribution in [-0.4, -0.2) is 25.0 Å². The van der Waals surface area contributed by atoms with Crippen LogP contribution in [0, 0.1) is 13.8 Å². The van der Waals surface area contributed by atoms with Gasteiger partial charge in [-0.25, -0.2) is 0 Å². The third-order valence-electron chi connectivity index (χ3n) is 5.49. The second-order valence-electron chi connectivity index (χ2n) is 7.27. The Labute approximate surface area is 162 Å². The predicted octanol–water partition coefficient (Wildman–Crippen LogP) is 4.75. The van der Waals surface area contributed by atoms with Crippen molar-refractivity contribution < 1.29 is 9.47 Å². The summed E-state index contributed by atoms with van der Waals surface area (Å²) < 4.78 is 13.1. The lowest BCUT2D eigenvalue weighted by molar-refractivity contribution is 0.346. The molecule has 1 aromatic heterocycles. The van der Waals surface area contributed by atoms with Crippen molar-refractivity contribution in [1.29, 1.82) is 0 Å². The van der Waals surface area contributed by atoms with Gasteiger partial charge in [0.2, 0.25) is 0 Å². The van der Waals surface area contributed by atoms with E-state index in [1.807, 2.05) is 24.4 Å². The molecular weight excluding hydrogens is 338 g/mol. The van der Waals surface area contributed by atoms with E-state index in [0.717, 1.165) is 17.1 Å². The minimum Gasteiger partial charge on any atom is -0.493 e. The average molecular weight is 370 g/mol. The Morgan fingerprint density at radius 3 is 2.52 bits per heavy atom.